The smallest absolute Gasteiger partial charge is 0.323 e. The molecule has 0 N–H and O–H groups in total. The topological polar surface area (TPSA) is 43.4 Å². The minimum atomic E-state index is -3.27. The number of rotatable bonds is 2. The van der Waals surface area contributed by atoms with Crippen LogP contribution in [-0.2, 0) is 14.2 Å². The van der Waals surface area contributed by atoms with Crippen molar-refractivity contribution in [1.29, 1.82) is 0 Å². The fraction of sp³-hybridized carbons (Fsp3) is 1.00. The van der Waals surface area contributed by atoms with Crippen LogP contribution in [0.3, 0.4) is 0 Å². The molecule has 70 valence electrons. The fourth-order valence-electron chi connectivity index (χ4n) is 1.81. The zero-order valence-electron chi connectivity index (χ0n) is 7.78. The Morgan fingerprint density at radius 2 is 1.67 bits per heavy atom. The van der Waals surface area contributed by atoms with E-state index in [9.17, 15) is 8.42 Å². The largest absolute Gasteiger partial charge is 0.333 e. The summed E-state index contributed by atoms with van der Waals surface area (Å²) < 4.78 is 26.7. The van der Waals surface area contributed by atoms with Crippen molar-refractivity contribution >= 4 is 17.0 Å². The lowest BCUT2D eigenvalue weighted by molar-refractivity contribution is 0.490. The molecule has 1 rings (SSSR count). The SMILES string of the molecule is CC1CCC(C)B1OS(C)(=O)=O. The van der Waals surface area contributed by atoms with Crippen molar-refractivity contribution in [2.75, 3.05) is 6.26 Å². The predicted molar refractivity (Wildman–Crippen MR) is 49.8 cm³/mol. The van der Waals surface area contributed by atoms with Crippen LogP contribution in [-0.4, -0.2) is 21.6 Å². The lowest BCUT2D eigenvalue weighted by atomic mass is 9.54. The summed E-state index contributed by atoms with van der Waals surface area (Å²) in [6.45, 7) is 3.98. The van der Waals surface area contributed by atoms with Crippen molar-refractivity contribution in [2.45, 2.75) is 38.3 Å². The van der Waals surface area contributed by atoms with Gasteiger partial charge in [-0.3, -0.25) is 0 Å². The van der Waals surface area contributed by atoms with Gasteiger partial charge in [-0.1, -0.05) is 26.7 Å². The summed E-state index contributed by atoms with van der Waals surface area (Å²) in [5.41, 5.74) is 0. The van der Waals surface area contributed by atoms with E-state index in [1.165, 1.54) is 0 Å². The lowest BCUT2D eigenvalue weighted by Gasteiger charge is -2.14. The molecule has 1 aliphatic rings. The molecule has 0 saturated carbocycles. The van der Waals surface area contributed by atoms with Crippen molar-refractivity contribution in [2.24, 2.45) is 0 Å². The first kappa shape index (κ1) is 10.1. The van der Waals surface area contributed by atoms with Gasteiger partial charge in [-0.2, -0.15) is 0 Å². The Kier molecular flexibility index (Phi) is 2.83. The van der Waals surface area contributed by atoms with Crippen LogP contribution in [0.4, 0.5) is 0 Å². The van der Waals surface area contributed by atoms with E-state index in [1.54, 1.807) is 0 Å². The molecule has 1 saturated heterocycles. The second-order valence-corrected chi connectivity index (χ2v) is 5.40. The minimum absolute atomic E-state index is 0.0972. The molecule has 1 aliphatic heterocycles. The highest BCUT2D eigenvalue weighted by Crippen LogP contribution is 2.38. The van der Waals surface area contributed by atoms with Crippen LogP contribution in [0.25, 0.3) is 0 Å². The second-order valence-electron chi connectivity index (χ2n) is 3.80. The first-order valence-corrected chi connectivity index (χ1v) is 6.10. The van der Waals surface area contributed by atoms with E-state index in [4.69, 9.17) is 4.10 Å². The van der Waals surface area contributed by atoms with E-state index < -0.39 is 10.1 Å². The standard InChI is InChI=1S/C7H15BO3S/c1-6-4-5-7(2)8(6)11-12(3,9)10/h6-7H,4-5H2,1-3H3. The average Bonchev–Trinajstić information content (AvgIpc) is 2.16. The van der Waals surface area contributed by atoms with Crippen LogP contribution in [0.1, 0.15) is 26.7 Å². The van der Waals surface area contributed by atoms with Crippen molar-refractivity contribution in [3.8, 4) is 0 Å². The molecule has 5 heteroatoms. The van der Waals surface area contributed by atoms with E-state index in [2.05, 4.69) is 0 Å². The molecule has 1 heterocycles. The molecule has 0 aliphatic carbocycles. The number of hydrogen-bond acceptors (Lipinski definition) is 3. The van der Waals surface area contributed by atoms with Gasteiger partial charge in [0.1, 0.15) is 0 Å². The van der Waals surface area contributed by atoms with Crippen molar-refractivity contribution in [1.82, 2.24) is 0 Å². The third-order valence-corrected chi connectivity index (χ3v) is 3.06. The monoisotopic (exact) mass is 190 g/mol. The highest BCUT2D eigenvalue weighted by molar-refractivity contribution is 7.86. The Balaban J connectivity index is 2.62. The highest BCUT2D eigenvalue weighted by Gasteiger charge is 2.38. The highest BCUT2D eigenvalue weighted by atomic mass is 32.2. The molecule has 0 aromatic heterocycles. The summed E-state index contributed by atoms with van der Waals surface area (Å²) >= 11 is 0. The molecule has 1 fully saturated rings. The van der Waals surface area contributed by atoms with Gasteiger partial charge in [-0.25, -0.2) is 8.42 Å². The van der Waals surface area contributed by atoms with Gasteiger partial charge in [-0.15, -0.1) is 0 Å². The first-order chi connectivity index (χ1) is 5.40. The third kappa shape index (κ3) is 2.49. The maximum absolute atomic E-state index is 10.9. The van der Waals surface area contributed by atoms with Gasteiger partial charge in [0.2, 0.25) is 0 Å². The summed E-state index contributed by atoms with van der Waals surface area (Å²) in [5, 5.41) is 0. The van der Waals surface area contributed by atoms with Gasteiger partial charge in [0, 0.05) is 0 Å². The zero-order chi connectivity index (χ0) is 9.35. The van der Waals surface area contributed by atoms with Gasteiger partial charge >= 0.3 is 6.92 Å². The summed E-state index contributed by atoms with van der Waals surface area (Å²) in [4.78, 5) is 0. The van der Waals surface area contributed by atoms with Gasteiger partial charge < -0.3 is 4.10 Å². The molecule has 0 spiro atoms. The maximum Gasteiger partial charge on any atom is 0.323 e. The summed E-state index contributed by atoms with van der Waals surface area (Å²) in [7, 11) is -3.27. The molecule has 0 aromatic carbocycles. The Morgan fingerprint density at radius 1 is 1.25 bits per heavy atom. The van der Waals surface area contributed by atoms with Crippen molar-refractivity contribution in [3.05, 3.63) is 0 Å². The van der Waals surface area contributed by atoms with Crippen molar-refractivity contribution < 1.29 is 12.5 Å². The van der Waals surface area contributed by atoms with E-state index in [0.717, 1.165) is 19.1 Å². The van der Waals surface area contributed by atoms with Crippen LogP contribution in [0.5, 0.6) is 0 Å². The predicted octanol–water partition coefficient (Wildman–Crippen LogP) is 1.53. The summed E-state index contributed by atoms with van der Waals surface area (Å²) in [6, 6.07) is 0. The third-order valence-electron chi connectivity index (χ3n) is 2.48. The lowest BCUT2D eigenvalue weighted by Crippen LogP contribution is -2.25. The molecule has 0 aromatic rings. The maximum atomic E-state index is 10.9. The van der Waals surface area contributed by atoms with E-state index in [0.29, 0.717) is 11.6 Å². The first-order valence-electron chi connectivity index (χ1n) is 4.28. The quantitative estimate of drug-likeness (QED) is 0.620. The Hall–Kier alpha value is -0.0251. The summed E-state index contributed by atoms with van der Waals surface area (Å²) in [5.74, 6) is 0.740. The van der Waals surface area contributed by atoms with Gasteiger partial charge in [0.15, 0.2) is 0 Å². The van der Waals surface area contributed by atoms with E-state index in [-0.39, 0.29) is 6.92 Å². The van der Waals surface area contributed by atoms with Crippen LogP contribution < -0.4 is 0 Å². The van der Waals surface area contributed by atoms with Crippen LogP contribution >= 0.6 is 0 Å². The van der Waals surface area contributed by atoms with Crippen LogP contribution in [0, 0.1) is 0 Å². The zero-order valence-corrected chi connectivity index (χ0v) is 8.60. The molecule has 12 heavy (non-hydrogen) atoms. The number of hydrogen-bond donors (Lipinski definition) is 0. The molecule has 0 amide bonds. The van der Waals surface area contributed by atoms with E-state index in [1.807, 2.05) is 13.8 Å². The Morgan fingerprint density at radius 3 is 2.00 bits per heavy atom. The van der Waals surface area contributed by atoms with Crippen molar-refractivity contribution in [3.63, 3.8) is 0 Å². The normalized spacial score (nSPS) is 31.1. The molecule has 2 unspecified atom stereocenters. The van der Waals surface area contributed by atoms with Gasteiger partial charge in [0.25, 0.3) is 10.1 Å². The summed E-state index contributed by atoms with van der Waals surface area (Å²) in [6.07, 6.45) is 3.26. The minimum Gasteiger partial charge on any atom is -0.333 e. The van der Waals surface area contributed by atoms with Gasteiger partial charge in [-0.05, 0) is 11.6 Å². The van der Waals surface area contributed by atoms with E-state index >= 15 is 0 Å². The molecular formula is C7H15BO3S. The van der Waals surface area contributed by atoms with Crippen LogP contribution in [0.2, 0.25) is 11.6 Å². The Labute approximate surface area is 74.7 Å². The van der Waals surface area contributed by atoms with Crippen LogP contribution in [0.15, 0.2) is 0 Å². The van der Waals surface area contributed by atoms with Gasteiger partial charge in [0.05, 0.1) is 6.26 Å². The molecule has 0 radical (unpaired) electrons. The second kappa shape index (κ2) is 3.38. The molecule has 2 atom stereocenters. The fourth-order valence-corrected chi connectivity index (χ4v) is 2.59. The molecule has 0 bridgehead atoms. The Bertz CT molecular complexity index is 239. The molecular weight excluding hydrogens is 175 g/mol. The molecule has 3 nitrogen and oxygen atoms in total. The average molecular weight is 190 g/mol.